The average Bonchev–Trinajstić information content (AvgIpc) is 2.62. The Morgan fingerprint density at radius 1 is 0.640 bits per heavy atom. The molecule has 0 saturated carbocycles. The molecule has 0 heterocycles. The summed E-state index contributed by atoms with van der Waals surface area (Å²) in [5.41, 5.74) is 3.74. The number of rotatable bonds is 8. The summed E-state index contributed by atoms with van der Waals surface area (Å²) in [7, 11) is -7.01. The molecule has 0 N–H and O–H groups in total. The Morgan fingerprint density at radius 2 is 0.960 bits per heavy atom. The summed E-state index contributed by atoms with van der Waals surface area (Å²) in [6.07, 6.45) is 0. The van der Waals surface area contributed by atoms with E-state index < -0.39 is 25.2 Å². The third kappa shape index (κ3) is 4.77. The van der Waals surface area contributed by atoms with Gasteiger partial charge in [0.15, 0.2) is 0 Å². The Hall–Kier alpha value is -1.51. The van der Waals surface area contributed by atoms with Crippen molar-refractivity contribution in [3.05, 3.63) is 85.2 Å². The van der Waals surface area contributed by atoms with Crippen molar-refractivity contribution in [2.45, 2.75) is 26.2 Å². The minimum atomic E-state index is -2.73. The molecule has 2 rings (SSSR count). The molecule has 0 aromatic heterocycles. The van der Waals surface area contributed by atoms with Crippen LogP contribution in [-0.4, -0.2) is 25.2 Å². The molecule has 0 amide bonds. The van der Waals surface area contributed by atoms with Gasteiger partial charge in [-0.2, -0.15) is 0 Å². The average molecular weight is 385 g/mol. The fourth-order valence-corrected chi connectivity index (χ4v) is 14.2. The first-order valence-corrected chi connectivity index (χ1v) is 16.3. The maximum absolute atomic E-state index is 6.72. The highest BCUT2D eigenvalue weighted by Gasteiger charge is 2.44. The zero-order chi connectivity index (χ0) is 18.6. The van der Waals surface area contributed by atoms with Crippen LogP contribution in [0.15, 0.2) is 85.2 Å². The van der Waals surface area contributed by atoms with Gasteiger partial charge in [0.2, 0.25) is 16.6 Å². The molecule has 0 atom stereocenters. The van der Waals surface area contributed by atoms with Gasteiger partial charge in [0, 0.05) is 0 Å². The number of benzene rings is 2. The first-order chi connectivity index (χ1) is 11.7. The van der Waals surface area contributed by atoms with Gasteiger partial charge in [-0.3, -0.25) is 0 Å². The molecule has 0 fully saturated rings. The van der Waals surface area contributed by atoms with Crippen molar-refractivity contribution < 1.29 is 8.23 Å². The molecule has 0 radical (unpaired) electrons. The van der Waals surface area contributed by atoms with Crippen molar-refractivity contribution in [1.82, 2.24) is 0 Å². The second kappa shape index (κ2) is 7.80. The summed E-state index contributed by atoms with van der Waals surface area (Å²) >= 11 is 0. The van der Waals surface area contributed by atoms with E-state index in [0.717, 1.165) is 0 Å². The normalized spacial score (nSPS) is 12.6. The van der Waals surface area contributed by atoms with E-state index in [4.69, 9.17) is 8.23 Å². The molecule has 132 valence electrons. The Balaban J connectivity index is 2.32. The van der Waals surface area contributed by atoms with Gasteiger partial charge in [0.1, 0.15) is 0 Å². The van der Waals surface area contributed by atoms with Crippen LogP contribution in [0, 0.1) is 0 Å². The van der Waals surface area contributed by atoms with Crippen LogP contribution < -0.4 is 10.4 Å². The molecule has 0 unspecified atom stereocenters. The topological polar surface area (TPSA) is 18.5 Å². The molecule has 0 spiro atoms. The molecule has 0 aliphatic carbocycles. The fraction of sp³-hybridized carbons (Fsp3) is 0.200. The zero-order valence-electron chi connectivity index (χ0n) is 15.7. The first kappa shape index (κ1) is 19.8. The summed E-state index contributed by atoms with van der Waals surface area (Å²) in [4.78, 5) is 0. The van der Waals surface area contributed by atoms with Gasteiger partial charge < -0.3 is 8.23 Å². The maximum atomic E-state index is 6.72. The summed E-state index contributed by atoms with van der Waals surface area (Å²) in [6, 6.07) is 20.8. The monoisotopic (exact) mass is 384 g/mol. The van der Waals surface area contributed by atoms with Crippen LogP contribution >= 0.6 is 0 Å². The van der Waals surface area contributed by atoms with Crippen LogP contribution in [0.5, 0.6) is 0 Å². The summed E-state index contributed by atoms with van der Waals surface area (Å²) in [5.74, 6) is 0. The zero-order valence-corrected chi connectivity index (χ0v) is 18.7. The van der Waals surface area contributed by atoms with Crippen molar-refractivity contribution in [3.8, 4) is 0 Å². The molecule has 25 heavy (non-hydrogen) atoms. The van der Waals surface area contributed by atoms with E-state index in [2.05, 4.69) is 87.9 Å². The van der Waals surface area contributed by atoms with Gasteiger partial charge in [-0.25, -0.2) is 0 Å². The van der Waals surface area contributed by atoms with Crippen LogP contribution in [0.25, 0.3) is 0 Å². The van der Waals surface area contributed by atoms with Crippen LogP contribution in [0.3, 0.4) is 0 Å². The lowest BCUT2D eigenvalue weighted by molar-refractivity contribution is 0.416. The molecule has 2 nitrogen and oxygen atoms in total. The van der Waals surface area contributed by atoms with Crippen molar-refractivity contribution >= 4 is 35.6 Å². The highest BCUT2D eigenvalue weighted by atomic mass is 28.5. The van der Waals surface area contributed by atoms with Crippen LogP contribution in [0.1, 0.15) is 0 Å². The minimum absolute atomic E-state index is 1.25. The van der Waals surface area contributed by atoms with E-state index in [1.165, 1.54) is 10.4 Å². The van der Waals surface area contributed by atoms with E-state index in [9.17, 15) is 0 Å². The Kier molecular flexibility index (Phi) is 6.18. The van der Waals surface area contributed by atoms with Crippen LogP contribution in [-0.2, 0) is 8.23 Å². The third-order valence-corrected chi connectivity index (χ3v) is 15.6. The summed E-state index contributed by atoms with van der Waals surface area (Å²) < 4.78 is 13.4. The van der Waals surface area contributed by atoms with Gasteiger partial charge in [0.05, 0.1) is 0 Å². The fourth-order valence-electron chi connectivity index (χ4n) is 2.87. The van der Waals surface area contributed by atoms with Crippen molar-refractivity contribution in [2.75, 3.05) is 0 Å². The summed E-state index contributed by atoms with van der Waals surface area (Å²) in [6.45, 7) is 16.9. The second-order valence-electron chi connectivity index (χ2n) is 7.09. The van der Waals surface area contributed by atoms with E-state index in [-0.39, 0.29) is 0 Å². The van der Waals surface area contributed by atoms with Crippen molar-refractivity contribution in [1.29, 1.82) is 0 Å². The van der Waals surface area contributed by atoms with Crippen molar-refractivity contribution in [2.24, 2.45) is 0 Å². The Bertz CT molecular complexity index is 649. The molecule has 0 aliphatic rings. The molecule has 0 saturated heterocycles. The molecular weight excluding hydrogens is 356 g/mol. The lowest BCUT2D eigenvalue weighted by Gasteiger charge is -2.39. The van der Waals surface area contributed by atoms with Crippen LogP contribution in [0.2, 0.25) is 26.2 Å². The lowest BCUT2D eigenvalue weighted by Crippen LogP contribution is -2.61. The molecule has 5 heteroatoms. The highest BCUT2D eigenvalue weighted by Crippen LogP contribution is 2.22. The highest BCUT2D eigenvalue weighted by molar-refractivity contribution is 6.99. The lowest BCUT2D eigenvalue weighted by atomic mass is 10.4. The van der Waals surface area contributed by atoms with E-state index in [1.807, 2.05) is 23.5 Å². The molecule has 2 aromatic carbocycles. The Morgan fingerprint density at radius 3 is 1.24 bits per heavy atom. The first-order valence-electron chi connectivity index (χ1n) is 8.53. The van der Waals surface area contributed by atoms with E-state index >= 15 is 0 Å². The maximum Gasteiger partial charge on any atom is 0.370 e. The predicted molar refractivity (Wildman–Crippen MR) is 115 cm³/mol. The predicted octanol–water partition coefficient (Wildman–Crippen LogP) is 4.14. The molecule has 0 aliphatic heterocycles. The van der Waals surface area contributed by atoms with Gasteiger partial charge >= 0.3 is 8.56 Å². The van der Waals surface area contributed by atoms with E-state index in [0.29, 0.717) is 0 Å². The van der Waals surface area contributed by atoms with Crippen LogP contribution in [0.4, 0.5) is 0 Å². The standard InChI is InChI=1S/C20H28O2Si3/c1-7-25(8-2,21-23(3,4)19-15-11-9-12-16-19)22-24(5,6)20-17-13-10-14-18-20/h7-18H,1-2H2,3-6H3. The van der Waals surface area contributed by atoms with E-state index in [1.54, 1.807) is 0 Å². The SMILES string of the molecule is C=C[Si](C=C)(O[Si](C)(C)c1ccccc1)O[Si](C)(C)c1ccccc1. The second-order valence-corrected chi connectivity index (χ2v) is 18.2. The third-order valence-electron chi connectivity index (χ3n) is 4.34. The Labute approximate surface area is 155 Å². The molecular formula is C20H28O2Si3. The van der Waals surface area contributed by atoms with Gasteiger partial charge in [0.25, 0.3) is 0 Å². The van der Waals surface area contributed by atoms with Gasteiger partial charge in [-0.05, 0) is 48.0 Å². The molecule has 0 bridgehead atoms. The number of hydrogen-bond acceptors (Lipinski definition) is 2. The minimum Gasteiger partial charge on any atom is -0.427 e. The van der Waals surface area contributed by atoms with Crippen molar-refractivity contribution in [3.63, 3.8) is 0 Å². The largest absolute Gasteiger partial charge is 0.427 e. The van der Waals surface area contributed by atoms with Gasteiger partial charge in [-0.1, -0.05) is 60.7 Å². The number of hydrogen-bond donors (Lipinski definition) is 0. The smallest absolute Gasteiger partial charge is 0.370 e. The quantitative estimate of drug-likeness (QED) is 0.637. The van der Waals surface area contributed by atoms with Gasteiger partial charge in [-0.15, -0.1) is 13.2 Å². The summed E-state index contributed by atoms with van der Waals surface area (Å²) in [5, 5.41) is 2.50. The molecule has 2 aromatic rings.